The second-order valence-electron chi connectivity index (χ2n) is 10.1. The Bertz CT molecular complexity index is 1250. The first-order valence-corrected chi connectivity index (χ1v) is 14.5. The van der Waals surface area contributed by atoms with Crippen molar-refractivity contribution < 1.29 is 13.2 Å². The Morgan fingerprint density at radius 2 is 1.86 bits per heavy atom. The molecule has 0 saturated carbocycles. The molecule has 1 aromatic heterocycles. The minimum atomic E-state index is -3.35. The van der Waals surface area contributed by atoms with Gasteiger partial charge in [-0.25, -0.2) is 8.42 Å². The number of likely N-dealkylation sites (N-methyl/N-ethyl adjacent to an activating group) is 1. The number of hydrogen-bond donors (Lipinski definition) is 2. The number of amides is 1. The molecule has 1 aliphatic carbocycles. The lowest BCUT2D eigenvalue weighted by atomic mass is 9.92. The van der Waals surface area contributed by atoms with Crippen LogP contribution in [0.25, 0.3) is 11.6 Å². The summed E-state index contributed by atoms with van der Waals surface area (Å²) < 4.78 is 24.9. The topological polar surface area (TPSA) is 85.5 Å². The van der Waals surface area contributed by atoms with Gasteiger partial charge in [0.2, 0.25) is 0 Å². The van der Waals surface area contributed by atoms with E-state index in [0.717, 1.165) is 64.1 Å². The standard InChI is InChI=1S/C27H36N4O3S/c1-3-35(33,34)19-10-11-25-22(17-19)23(27(32)29-25)18-26-21(20-7-4-5-9-24(20)28-26)8-6-12-31-15-13-30(2)14-16-31/h10-11,17-18,28H,3-9,12-16H2,1-2H3,(H,29,32)/b23-18-. The summed E-state index contributed by atoms with van der Waals surface area (Å²) in [5, 5.41) is 2.91. The number of benzene rings is 1. The van der Waals surface area contributed by atoms with Crippen LogP contribution in [0.15, 0.2) is 23.1 Å². The Morgan fingerprint density at radius 3 is 2.63 bits per heavy atom. The van der Waals surface area contributed by atoms with Crippen molar-refractivity contribution in [3.63, 3.8) is 0 Å². The van der Waals surface area contributed by atoms with Crippen molar-refractivity contribution in [3.8, 4) is 0 Å². The molecule has 35 heavy (non-hydrogen) atoms. The molecule has 188 valence electrons. The zero-order valence-electron chi connectivity index (χ0n) is 20.8. The number of aromatic amines is 1. The van der Waals surface area contributed by atoms with Gasteiger partial charge in [-0.2, -0.15) is 0 Å². The van der Waals surface area contributed by atoms with E-state index in [9.17, 15) is 13.2 Å². The molecule has 2 aliphatic heterocycles. The molecule has 1 amide bonds. The summed E-state index contributed by atoms with van der Waals surface area (Å²) in [4.78, 5) is 21.7. The summed E-state index contributed by atoms with van der Waals surface area (Å²) in [5.74, 6) is -0.144. The van der Waals surface area contributed by atoms with Crippen molar-refractivity contribution in [2.24, 2.45) is 0 Å². The highest BCUT2D eigenvalue weighted by atomic mass is 32.2. The van der Waals surface area contributed by atoms with Crippen molar-refractivity contribution in [2.45, 2.75) is 50.3 Å². The van der Waals surface area contributed by atoms with E-state index >= 15 is 0 Å². The summed E-state index contributed by atoms with van der Waals surface area (Å²) in [5.41, 5.74) is 6.95. The van der Waals surface area contributed by atoms with E-state index in [-0.39, 0.29) is 16.6 Å². The van der Waals surface area contributed by atoms with Crippen LogP contribution in [-0.4, -0.2) is 74.6 Å². The molecule has 2 aromatic rings. The number of aryl methyl sites for hydroxylation is 1. The molecule has 0 unspecified atom stereocenters. The van der Waals surface area contributed by atoms with Gasteiger partial charge in [0, 0.05) is 48.8 Å². The molecule has 1 saturated heterocycles. The van der Waals surface area contributed by atoms with Crippen LogP contribution in [-0.2, 0) is 33.9 Å². The lowest BCUT2D eigenvalue weighted by molar-refractivity contribution is -0.110. The number of fused-ring (bicyclic) bond motifs is 2. The van der Waals surface area contributed by atoms with Crippen LogP contribution in [0.3, 0.4) is 0 Å². The Hall–Kier alpha value is -2.42. The van der Waals surface area contributed by atoms with Gasteiger partial charge in [-0.1, -0.05) is 6.92 Å². The first-order valence-electron chi connectivity index (χ1n) is 12.9. The molecule has 1 aromatic carbocycles. The third-order valence-corrected chi connectivity index (χ3v) is 9.47. The number of piperazine rings is 1. The molecule has 0 radical (unpaired) electrons. The molecule has 3 aliphatic rings. The van der Waals surface area contributed by atoms with Gasteiger partial charge in [-0.3, -0.25) is 4.79 Å². The average molecular weight is 497 g/mol. The largest absolute Gasteiger partial charge is 0.358 e. The summed E-state index contributed by atoms with van der Waals surface area (Å²) in [6.07, 6.45) is 8.54. The lowest BCUT2D eigenvalue weighted by Gasteiger charge is -2.32. The van der Waals surface area contributed by atoms with Crippen LogP contribution in [0.4, 0.5) is 5.69 Å². The number of hydrogen-bond acceptors (Lipinski definition) is 5. The molecular weight excluding hydrogens is 460 g/mol. The molecule has 1 fully saturated rings. The zero-order valence-corrected chi connectivity index (χ0v) is 21.6. The van der Waals surface area contributed by atoms with Gasteiger partial charge in [0.15, 0.2) is 9.84 Å². The molecule has 0 spiro atoms. The van der Waals surface area contributed by atoms with Crippen molar-refractivity contribution in [1.29, 1.82) is 0 Å². The highest BCUT2D eigenvalue weighted by Crippen LogP contribution is 2.37. The van der Waals surface area contributed by atoms with Crippen molar-refractivity contribution >= 4 is 33.1 Å². The zero-order chi connectivity index (χ0) is 24.6. The molecule has 3 heterocycles. The molecule has 7 nitrogen and oxygen atoms in total. The van der Waals surface area contributed by atoms with E-state index < -0.39 is 9.84 Å². The smallest absolute Gasteiger partial charge is 0.256 e. The summed E-state index contributed by atoms with van der Waals surface area (Å²) in [6, 6.07) is 4.93. The number of sulfone groups is 1. The van der Waals surface area contributed by atoms with Gasteiger partial charge in [-0.05, 0) is 87.5 Å². The fourth-order valence-corrected chi connectivity index (χ4v) is 6.46. The van der Waals surface area contributed by atoms with Crippen LogP contribution in [0, 0.1) is 0 Å². The number of nitrogens with one attached hydrogen (secondary N) is 2. The van der Waals surface area contributed by atoms with E-state index in [4.69, 9.17) is 0 Å². The maximum Gasteiger partial charge on any atom is 0.256 e. The Kier molecular flexibility index (Phi) is 6.88. The van der Waals surface area contributed by atoms with Gasteiger partial charge >= 0.3 is 0 Å². The second-order valence-corrected chi connectivity index (χ2v) is 12.3. The minimum absolute atomic E-state index is 0.0347. The third kappa shape index (κ3) is 4.97. The Balaban J connectivity index is 1.44. The normalized spacial score (nSPS) is 20.2. The predicted octanol–water partition coefficient (Wildman–Crippen LogP) is 3.36. The summed E-state index contributed by atoms with van der Waals surface area (Å²) >= 11 is 0. The van der Waals surface area contributed by atoms with Crippen LogP contribution >= 0.6 is 0 Å². The predicted molar refractivity (Wildman–Crippen MR) is 140 cm³/mol. The van der Waals surface area contributed by atoms with Gasteiger partial charge in [0.05, 0.1) is 16.2 Å². The number of nitrogens with zero attached hydrogens (tertiary/aromatic N) is 2. The number of carbonyl (C=O) groups is 1. The Labute approximate surface area is 208 Å². The number of H-pyrrole nitrogens is 1. The van der Waals surface area contributed by atoms with Crippen LogP contribution in [0.2, 0.25) is 0 Å². The van der Waals surface area contributed by atoms with Crippen LogP contribution in [0.5, 0.6) is 0 Å². The highest BCUT2D eigenvalue weighted by Gasteiger charge is 2.28. The van der Waals surface area contributed by atoms with E-state index in [1.807, 2.05) is 6.08 Å². The summed E-state index contributed by atoms with van der Waals surface area (Å²) in [7, 11) is -1.17. The van der Waals surface area contributed by atoms with Crippen molar-refractivity contribution in [1.82, 2.24) is 14.8 Å². The molecular formula is C27H36N4O3S. The van der Waals surface area contributed by atoms with E-state index in [2.05, 4.69) is 27.1 Å². The fraction of sp³-hybridized carbons (Fsp3) is 0.519. The first kappa shape index (κ1) is 24.3. The first-order chi connectivity index (χ1) is 16.9. The Morgan fingerprint density at radius 1 is 1.09 bits per heavy atom. The van der Waals surface area contributed by atoms with E-state index in [0.29, 0.717) is 16.8 Å². The van der Waals surface area contributed by atoms with Crippen LogP contribution in [0.1, 0.15) is 54.3 Å². The maximum atomic E-state index is 12.9. The number of anilines is 1. The SMILES string of the molecule is CCS(=O)(=O)c1ccc2c(c1)/C(=C/c1[nH]c3c(c1CCCN1CCN(C)CC1)CCCC3)C(=O)N2. The highest BCUT2D eigenvalue weighted by molar-refractivity contribution is 7.91. The molecule has 2 N–H and O–H groups in total. The quantitative estimate of drug-likeness (QED) is 0.574. The average Bonchev–Trinajstić information content (AvgIpc) is 3.37. The monoisotopic (exact) mass is 496 g/mol. The van der Waals surface area contributed by atoms with Crippen molar-refractivity contribution in [2.75, 3.05) is 50.8 Å². The van der Waals surface area contributed by atoms with Gasteiger partial charge in [0.1, 0.15) is 0 Å². The van der Waals surface area contributed by atoms with E-state index in [1.54, 1.807) is 25.1 Å². The fourth-order valence-electron chi connectivity index (χ4n) is 5.55. The lowest BCUT2D eigenvalue weighted by Crippen LogP contribution is -2.44. The van der Waals surface area contributed by atoms with Crippen molar-refractivity contribution in [3.05, 3.63) is 46.3 Å². The molecule has 0 atom stereocenters. The number of carbonyl (C=O) groups excluding carboxylic acids is 1. The van der Waals surface area contributed by atoms with Crippen LogP contribution < -0.4 is 5.32 Å². The van der Waals surface area contributed by atoms with E-state index in [1.165, 1.54) is 29.7 Å². The van der Waals surface area contributed by atoms with Gasteiger partial charge in [0.25, 0.3) is 5.91 Å². The minimum Gasteiger partial charge on any atom is -0.358 e. The number of aromatic nitrogens is 1. The molecule has 8 heteroatoms. The maximum absolute atomic E-state index is 12.9. The summed E-state index contributed by atoms with van der Waals surface area (Å²) in [6.45, 7) is 7.23. The number of rotatable bonds is 7. The van der Waals surface area contributed by atoms with Gasteiger partial charge < -0.3 is 20.1 Å². The molecule has 0 bridgehead atoms. The third-order valence-electron chi connectivity index (χ3n) is 7.74. The van der Waals surface area contributed by atoms with Gasteiger partial charge in [-0.15, -0.1) is 0 Å². The molecule has 5 rings (SSSR count). The second kappa shape index (κ2) is 9.91.